The Balaban J connectivity index is 2.22. The van der Waals surface area contributed by atoms with Gasteiger partial charge in [0.2, 0.25) is 0 Å². The molecule has 0 aliphatic carbocycles. The number of aryl methyl sites for hydroxylation is 1. The average molecular weight is 287 g/mol. The van der Waals surface area contributed by atoms with Gasteiger partial charge in [0.15, 0.2) is 0 Å². The molecule has 1 aromatic heterocycles. The summed E-state index contributed by atoms with van der Waals surface area (Å²) in [6.45, 7) is 6.29. The summed E-state index contributed by atoms with van der Waals surface area (Å²) >= 11 is 0. The zero-order chi connectivity index (χ0) is 15.1. The number of aromatic nitrogens is 2. The third kappa shape index (κ3) is 4.08. The predicted molar refractivity (Wildman–Crippen MR) is 85.6 cm³/mol. The molecule has 0 spiro atoms. The number of nitrogens with one attached hydrogen (secondary N) is 1. The smallest absolute Gasteiger partial charge is 0.118 e. The fraction of sp³-hybridized carbons (Fsp3) is 0.471. The van der Waals surface area contributed by atoms with Gasteiger partial charge in [-0.25, -0.2) is 0 Å². The standard InChI is InChI=1S/C17H25N3O/c1-4-10-18-17(14-6-8-16(21-3)9-7-14)15-12-19-20(13-15)11-5-2/h6-9,12-13,17-18H,4-5,10-11H2,1-3H3. The SMILES string of the molecule is CCCNC(c1ccc(OC)cc1)c1cnn(CCC)c1. The quantitative estimate of drug-likeness (QED) is 0.809. The van der Waals surface area contributed by atoms with Gasteiger partial charge in [-0.2, -0.15) is 5.10 Å². The van der Waals surface area contributed by atoms with Gasteiger partial charge in [0.25, 0.3) is 0 Å². The average Bonchev–Trinajstić information content (AvgIpc) is 2.97. The molecule has 1 N–H and O–H groups in total. The molecule has 0 amide bonds. The van der Waals surface area contributed by atoms with E-state index < -0.39 is 0 Å². The van der Waals surface area contributed by atoms with E-state index in [2.05, 4.69) is 42.6 Å². The van der Waals surface area contributed by atoms with Crippen molar-refractivity contribution in [1.82, 2.24) is 15.1 Å². The minimum atomic E-state index is 0.182. The molecular weight excluding hydrogens is 262 g/mol. The van der Waals surface area contributed by atoms with Crippen molar-refractivity contribution in [1.29, 1.82) is 0 Å². The highest BCUT2D eigenvalue weighted by Gasteiger charge is 2.15. The second-order valence-electron chi connectivity index (χ2n) is 5.20. The lowest BCUT2D eigenvalue weighted by Crippen LogP contribution is -2.22. The number of hydrogen-bond donors (Lipinski definition) is 1. The molecule has 0 aliphatic heterocycles. The summed E-state index contributed by atoms with van der Waals surface area (Å²) < 4.78 is 7.25. The highest BCUT2D eigenvalue weighted by Crippen LogP contribution is 2.24. The molecular formula is C17H25N3O. The Morgan fingerprint density at radius 1 is 1.14 bits per heavy atom. The number of methoxy groups -OCH3 is 1. The summed E-state index contributed by atoms with van der Waals surface area (Å²) in [5, 5.41) is 8.05. The first kappa shape index (κ1) is 15.6. The van der Waals surface area contributed by atoms with Gasteiger partial charge in [-0.15, -0.1) is 0 Å². The molecule has 0 radical (unpaired) electrons. The van der Waals surface area contributed by atoms with Crippen molar-refractivity contribution in [2.75, 3.05) is 13.7 Å². The number of ether oxygens (including phenoxy) is 1. The highest BCUT2D eigenvalue weighted by atomic mass is 16.5. The largest absolute Gasteiger partial charge is 0.497 e. The van der Waals surface area contributed by atoms with Gasteiger partial charge in [0.1, 0.15) is 5.75 Å². The lowest BCUT2D eigenvalue weighted by Gasteiger charge is -2.18. The molecule has 2 rings (SSSR count). The van der Waals surface area contributed by atoms with Gasteiger partial charge >= 0.3 is 0 Å². The number of nitrogens with zero attached hydrogens (tertiary/aromatic N) is 2. The van der Waals surface area contributed by atoms with Crippen molar-refractivity contribution in [2.24, 2.45) is 0 Å². The van der Waals surface area contributed by atoms with Crippen LogP contribution in [-0.2, 0) is 6.54 Å². The van der Waals surface area contributed by atoms with Crippen molar-refractivity contribution >= 4 is 0 Å². The Hall–Kier alpha value is -1.81. The second-order valence-corrected chi connectivity index (χ2v) is 5.20. The molecule has 2 aromatic rings. The van der Waals surface area contributed by atoms with Gasteiger partial charge in [0.05, 0.1) is 19.3 Å². The van der Waals surface area contributed by atoms with E-state index in [1.54, 1.807) is 7.11 Å². The maximum atomic E-state index is 5.23. The van der Waals surface area contributed by atoms with E-state index in [1.807, 2.05) is 23.0 Å². The Kier molecular flexibility index (Phi) is 5.81. The van der Waals surface area contributed by atoms with Crippen LogP contribution >= 0.6 is 0 Å². The van der Waals surface area contributed by atoms with Gasteiger partial charge in [-0.05, 0) is 37.1 Å². The van der Waals surface area contributed by atoms with E-state index >= 15 is 0 Å². The first-order chi connectivity index (χ1) is 10.3. The van der Waals surface area contributed by atoms with E-state index in [-0.39, 0.29) is 6.04 Å². The van der Waals surface area contributed by atoms with Crippen LogP contribution in [0.25, 0.3) is 0 Å². The Morgan fingerprint density at radius 2 is 1.90 bits per heavy atom. The Labute approximate surface area is 127 Å². The van der Waals surface area contributed by atoms with E-state index in [1.165, 1.54) is 11.1 Å². The minimum Gasteiger partial charge on any atom is -0.497 e. The van der Waals surface area contributed by atoms with E-state index in [4.69, 9.17) is 4.74 Å². The molecule has 1 unspecified atom stereocenters. The summed E-state index contributed by atoms with van der Waals surface area (Å²) in [6, 6.07) is 8.42. The molecule has 0 saturated carbocycles. The van der Waals surface area contributed by atoms with Crippen LogP contribution in [0.15, 0.2) is 36.7 Å². The van der Waals surface area contributed by atoms with E-state index in [0.29, 0.717) is 0 Å². The lowest BCUT2D eigenvalue weighted by molar-refractivity contribution is 0.414. The number of benzene rings is 1. The van der Waals surface area contributed by atoms with Crippen molar-refractivity contribution in [2.45, 2.75) is 39.3 Å². The van der Waals surface area contributed by atoms with Crippen molar-refractivity contribution in [3.63, 3.8) is 0 Å². The topological polar surface area (TPSA) is 39.1 Å². The van der Waals surface area contributed by atoms with Crippen LogP contribution in [0, 0.1) is 0 Å². The summed E-state index contributed by atoms with van der Waals surface area (Å²) in [6.07, 6.45) is 6.31. The van der Waals surface area contributed by atoms with Crippen molar-refractivity contribution < 1.29 is 4.74 Å². The number of hydrogen-bond acceptors (Lipinski definition) is 3. The summed E-state index contributed by atoms with van der Waals surface area (Å²) in [5.41, 5.74) is 2.45. The summed E-state index contributed by atoms with van der Waals surface area (Å²) in [5.74, 6) is 0.884. The van der Waals surface area contributed by atoms with Crippen LogP contribution < -0.4 is 10.1 Å². The zero-order valence-electron chi connectivity index (χ0n) is 13.2. The molecule has 0 fully saturated rings. The number of rotatable bonds is 8. The first-order valence-corrected chi connectivity index (χ1v) is 7.68. The molecule has 4 nitrogen and oxygen atoms in total. The van der Waals surface area contributed by atoms with Gasteiger partial charge in [0, 0.05) is 18.3 Å². The van der Waals surface area contributed by atoms with Gasteiger partial charge < -0.3 is 10.1 Å². The Bertz CT molecular complexity index is 533. The highest BCUT2D eigenvalue weighted by molar-refractivity contribution is 5.34. The molecule has 1 atom stereocenters. The molecule has 114 valence electrons. The molecule has 0 saturated heterocycles. The van der Waals surface area contributed by atoms with Crippen LogP contribution in [0.4, 0.5) is 0 Å². The van der Waals surface area contributed by atoms with Crippen LogP contribution in [0.2, 0.25) is 0 Å². The fourth-order valence-corrected chi connectivity index (χ4v) is 2.39. The van der Waals surface area contributed by atoms with Gasteiger partial charge in [-0.3, -0.25) is 4.68 Å². The van der Waals surface area contributed by atoms with Crippen molar-refractivity contribution in [3.8, 4) is 5.75 Å². The minimum absolute atomic E-state index is 0.182. The molecule has 0 aliphatic rings. The lowest BCUT2D eigenvalue weighted by atomic mass is 10.0. The summed E-state index contributed by atoms with van der Waals surface area (Å²) in [4.78, 5) is 0. The maximum absolute atomic E-state index is 5.23. The van der Waals surface area contributed by atoms with Crippen LogP contribution in [0.1, 0.15) is 43.9 Å². The first-order valence-electron chi connectivity index (χ1n) is 7.68. The zero-order valence-corrected chi connectivity index (χ0v) is 13.2. The van der Waals surface area contributed by atoms with Crippen LogP contribution in [0.3, 0.4) is 0 Å². The van der Waals surface area contributed by atoms with Crippen LogP contribution in [0.5, 0.6) is 5.75 Å². The molecule has 4 heteroatoms. The molecule has 21 heavy (non-hydrogen) atoms. The third-order valence-electron chi connectivity index (χ3n) is 3.49. The molecule has 1 aromatic carbocycles. The molecule has 0 bridgehead atoms. The Morgan fingerprint density at radius 3 is 2.52 bits per heavy atom. The normalized spacial score (nSPS) is 12.3. The monoisotopic (exact) mass is 287 g/mol. The van der Waals surface area contributed by atoms with E-state index in [9.17, 15) is 0 Å². The third-order valence-corrected chi connectivity index (χ3v) is 3.49. The summed E-state index contributed by atoms with van der Waals surface area (Å²) in [7, 11) is 1.69. The second kappa shape index (κ2) is 7.84. The van der Waals surface area contributed by atoms with Crippen molar-refractivity contribution in [3.05, 3.63) is 47.8 Å². The predicted octanol–water partition coefficient (Wildman–Crippen LogP) is 3.39. The fourth-order valence-electron chi connectivity index (χ4n) is 2.39. The van der Waals surface area contributed by atoms with E-state index in [0.717, 1.165) is 31.7 Å². The molecule has 1 heterocycles. The maximum Gasteiger partial charge on any atom is 0.118 e. The van der Waals surface area contributed by atoms with Crippen LogP contribution in [-0.4, -0.2) is 23.4 Å². The van der Waals surface area contributed by atoms with Gasteiger partial charge in [-0.1, -0.05) is 26.0 Å².